The summed E-state index contributed by atoms with van der Waals surface area (Å²) in [5.41, 5.74) is 1.85. The Labute approximate surface area is 97.0 Å². The molecule has 3 rings (SSSR count). The van der Waals surface area contributed by atoms with E-state index in [1.807, 2.05) is 11.3 Å². The van der Waals surface area contributed by atoms with E-state index in [9.17, 15) is 0 Å². The fraction of sp³-hybridized carbons (Fsp3) is 0.636. The Bertz CT molecular complexity index is 337. The lowest BCUT2D eigenvalue weighted by Crippen LogP contribution is -2.38. The predicted octanol–water partition coefficient (Wildman–Crippen LogP) is 3.50. The molecule has 0 amide bonds. The van der Waals surface area contributed by atoms with Crippen molar-refractivity contribution >= 4 is 27.3 Å². The van der Waals surface area contributed by atoms with Crippen LogP contribution in [0.2, 0.25) is 0 Å². The Balaban J connectivity index is 2.03. The van der Waals surface area contributed by atoms with Gasteiger partial charge in [-0.3, -0.25) is 0 Å². The van der Waals surface area contributed by atoms with Crippen molar-refractivity contribution < 1.29 is 0 Å². The van der Waals surface area contributed by atoms with Gasteiger partial charge in [0.2, 0.25) is 0 Å². The van der Waals surface area contributed by atoms with E-state index in [1.54, 1.807) is 0 Å². The van der Waals surface area contributed by atoms with Gasteiger partial charge in [-0.1, -0.05) is 0 Å². The lowest BCUT2D eigenvalue weighted by atomic mass is 9.85. The zero-order chi connectivity index (χ0) is 9.60. The third-order valence-electron chi connectivity index (χ3n) is 3.56. The average molecular weight is 272 g/mol. The van der Waals surface area contributed by atoms with Gasteiger partial charge >= 0.3 is 0 Å². The summed E-state index contributed by atoms with van der Waals surface area (Å²) in [5, 5.41) is 8.28. The van der Waals surface area contributed by atoms with Gasteiger partial charge in [-0.25, -0.2) is 0 Å². The van der Waals surface area contributed by atoms with Crippen molar-refractivity contribution in [1.82, 2.24) is 5.32 Å². The van der Waals surface area contributed by atoms with Gasteiger partial charge in [0.05, 0.1) is 0 Å². The van der Waals surface area contributed by atoms with Crippen LogP contribution in [0, 0.1) is 5.92 Å². The molecular weight excluding hydrogens is 258 g/mol. The lowest BCUT2D eigenvalue weighted by Gasteiger charge is -2.29. The first-order chi connectivity index (χ1) is 6.83. The molecule has 1 saturated carbocycles. The molecule has 0 spiro atoms. The molecule has 0 aromatic carbocycles. The number of nitrogens with one attached hydrogen (secondary N) is 1. The summed E-state index contributed by atoms with van der Waals surface area (Å²) >= 11 is 5.49. The van der Waals surface area contributed by atoms with Gasteiger partial charge in [0.15, 0.2) is 0 Å². The SMILES string of the molecule is Brc1cscc1C1(C2CC2)CCCN1. The molecule has 14 heavy (non-hydrogen) atoms. The molecule has 1 aliphatic carbocycles. The summed E-state index contributed by atoms with van der Waals surface area (Å²) in [4.78, 5) is 0. The molecule has 1 nitrogen and oxygen atoms in total. The van der Waals surface area contributed by atoms with E-state index in [-0.39, 0.29) is 0 Å². The Hall–Kier alpha value is 0.140. The highest BCUT2D eigenvalue weighted by atomic mass is 79.9. The van der Waals surface area contributed by atoms with E-state index < -0.39 is 0 Å². The van der Waals surface area contributed by atoms with E-state index in [1.165, 1.54) is 42.3 Å². The monoisotopic (exact) mass is 271 g/mol. The van der Waals surface area contributed by atoms with Crippen molar-refractivity contribution in [1.29, 1.82) is 0 Å². The van der Waals surface area contributed by atoms with Crippen LogP contribution < -0.4 is 5.32 Å². The fourth-order valence-electron chi connectivity index (χ4n) is 2.74. The number of thiophene rings is 1. The third kappa shape index (κ3) is 1.29. The maximum Gasteiger partial charge on any atom is 0.0483 e. The summed E-state index contributed by atoms with van der Waals surface area (Å²) in [6, 6.07) is 0. The second-order valence-electron chi connectivity index (χ2n) is 4.41. The van der Waals surface area contributed by atoms with E-state index in [2.05, 4.69) is 32.0 Å². The van der Waals surface area contributed by atoms with Crippen molar-refractivity contribution in [3.8, 4) is 0 Å². The second kappa shape index (κ2) is 3.32. The molecule has 1 atom stereocenters. The lowest BCUT2D eigenvalue weighted by molar-refractivity contribution is 0.336. The standard InChI is InChI=1S/C11H14BrNS/c12-10-7-14-6-9(10)11(8-2-3-8)4-1-5-13-11/h6-8,13H,1-5H2. The predicted molar refractivity (Wildman–Crippen MR) is 63.7 cm³/mol. The maximum atomic E-state index is 3.75. The summed E-state index contributed by atoms with van der Waals surface area (Å²) in [6.07, 6.45) is 5.48. The third-order valence-corrected chi connectivity index (χ3v) is 5.26. The highest BCUT2D eigenvalue weighted by Gasteiger charge is 2.48. The first-order valence-electron chi connectivity index (χ1n) is 5.30. The molecule has 1 aliphatic heterocycles. The van der Waals surface area contributed by atoms with Crippen LogP contribution >= 0.6 is 27.3 Å². The molecule has 1 unspecified atom stereocenters. The minimum atomic E-state index is 0.332. The average Bonchev–Trinajstić information content (AvgIpc) is 2.77. The Morgan fingerprint density at radius 2 is 2.29 bits per heavy atom. The van der Waals surface area contributed by atoms with Crippen molar-refractivity contribution in [2.75, 3.05) is 6.54 Å². The van der Waals surface area contributed by atoms with Crippen LogP contribution in [0.1, 0.15) is 31.2 Å². The molecule has 76 valence electrons. The first-order valence-corrected chi connectivity index (χ1v) is 7.04. The van der Waals surface area contributed by atoms with E-state index >= 15 is 0 Å². The van der Waals surface area contributed by atoms with Crippen molar-refractivity contribution in [3.63, 3.8) is 0 Å². The normalized spacial score (nSPS) is 32.4. The molecule has 0 radical (unpaired) electrons. The molecule has 2 fully saturated rings. The first kappa shape index (κ1) is 9.37. The van der Waals surface area contributed by atoms with Crippen LogP contribution in [-0.2, 0) is 5.54 Å². The van der Waals surface area contributed by atoms with E-state index in [0.29, 0.717) is 5.54 Å². The van der Waals surface area contributed by atoms with Gasteiger partial charge in [-0.2, -0.15) is 11.3 Å². The quantitative estimate of drug-likeness (QED) is 0.868. The largest absolute Gasteiger partial charge is 0.307 e. The second-order valence-corrected chi connectivity index (χ2v) is 6.01. The summed E-state index contributed by atoms with van der Waals surface area (Å²) < 4.78 is 1.31. The minimum Gasteiger partial charge on any atom is -0.307 e. The van der Waals surface area contributed by atoms with Crippen LogP contribution in [0.4, 0.5) is 0 Å². The minimum absolute atomic E-state index is 0.332. The van der Waals surface area contributed by atoms with E-state index in [4.69, 9.17) is 0 Å². The zero-order valence-corrected chi connectivity index (χ0v) is 10.5. The molecule has 2 aliphatic rings. The summed E-state index contributed by atoms with van der Waals surface area (Å²) in [6.45, 7) is 1.19. The van der Waals surface area contributed by atoms with Crippen molar-refractivity contribution in [2.24, 2.45) is 5.92 Å². The topological polar surface area (TPSA) is 12.0 Å². The molecule has 1 aromatic rings. The zero-order valence-electron chi connectivity index (χ0n) is 8.05. The molecule has 0 bridgehead atoms. The Kier molecular flexibility index (Phi) is 2.22. The molecule has 1 saturated heterocycles. The molecule has 3 heteroatoms. The summed E-state index contributed by atoms with van der Waals surface area (Å²) in [7, 11) is 0. The highest BCUT2D eigenvalue weighted by Crippen LogP contribution is 2.52. The Morgan fingerprint density at radius 1 is 1.43 bits per heavy atom. The molecular formula is C11H14BrNS. The van der Waals surface area contributed by atoms with Crippen molar-refractivity contribution in [3.05, 3.63) is 20.8 Å². The van der Waals surface area contributed by atoms with E-state index in [0.717, 1.165) is 5.92 Å². The van der Waals surface area contributed by atoms with Gasteiger partial charge in [0, 0.05) is 15.4 Å². The molecule has 2 heterocycles. The fourth-order valence-corrected chi connectivity index (χ4v) is 4.47. The van der Waals surface area contributed by atoms with Crippen LogP contribution in [-0.4, -0.2) is 6.54 Å². The van der Waals surface area contributed by atoms with Gasteiger partial charge < -0.3 is 5.32 Å². The molecule has 1 aromatic heterocycles. The van der Waals surface area contributed by atoms with Gasteiger partial charge in [-0.05, 0) is 65.0 Å². The van der Waals surface area contributed by atoms with Crippen LogP contribution in [0.3, 0.4) is 0 Å². The number of rotatable bonds is 2. The maximum absolute atomic E-state index is 3.75. The van der Waals surface area contributed by atoms with Gasteiger partial charge in [0.25, 0.3) is 0 Å². The molecule has 1 N–H and O–H groups in total. The van der Waals surface area contributed by atoms with Crippen LogP contribution in [0.15, 0.2) is 15.2 Å². The van der Waals surface area contributed by atoms with Crippen LogP contribution in [0.5, 0.6) is 0 Å². The summed E-state index contributed by atoms with van der Waals surface area (Å²) in [5.74, 6) is 0.899. The number of halogens is 1. The van der Waals surface area contributed by atoms with Gasteiger partial charge in [-0.15, -0.1) is 0 Å². The van der Waals surface area contributed by atoms with Crippen LogP contribution in [0.25, 0.3) is 0 Å². The number of hydrogen-bond donors (Lipinski definition) is 1. The van der Waals surface area contributed by atoms with Gasteiger partial charge in [0.1, 0.15) is 0 Å². The Morgan fingerprint density at radius 3 is 2.79 bits per heavy atom. The smallest absolute Gasteiger partial charge is 0.0483 e. The van der Waals surface area contributed by atoms with Crippen molar-refractivity contribution in [2.45, 2.75) is 31.2 Å². The highest BCUT2D eigenvalue weighted by molar-refractivity contribution is 9.10. The number of hydrogen-bond acceptors (Lipinski definition) is 2.